The van der Waals surface area contributed by atoms with Crippen molar-refractivity contribution < 1.29 is 10.0 Å². The lowest BCUT2D eigenvalue weighted by Gasteiger charge is -1.96. The number of rotatable bonds is 7. The van der Waals surface area contributed by atoms with Gasteiger partial charge in [-0.15, -0.1) is 0 Å². The van der Waals surface area contributed by atoms with Gasteiger partial charge in [0.05, 0.1) is 0 Å². The Balaban J connectivity index is 2.70. The largest absolute Gasteiger partial charge is 0.317 e. The summed E-state index contributed by atoms with van der Waals surface area (Å²) < 4.78 is 0. The highest BCUT2D eigenvalue weighted by Gasteiger charge is 1.87. The maximum atomic E-state index is 9.84. The molecule has 0 aliphatic rings. The Labute approximate surface area is 61.4 Å². The summed E-state index contributed by atoms with van der Waals surface area (Å²) in [7, 11) is 0. The average Bonchev–Trinajstić information content (AvgIpc) is 1.97. The first kappa shape index (κ1) is 9.59. The van der Waals surface area contributed by atoms with Crippen LogP contribution in [0.1, 0.15) is 32.1 Å². The third-order valence-corrected chi connectivity index (χ3v) is 1.36. The molecule has 0 fully saturated rings. The van der Waals surface area contributed by atoms with Gasteiger partial charge in [0.1, 0.15) is 6.29 Å². The lowest BCUT2D eigenvalue weighted by molar-refractivity contribution is -0.107. The number of carbonyl (C=O) groups excluding carboxylic acids is 1. The molecule has 0 aromatic rings. The van der Waals surface area contributed by atoms with E-state index in [2.05, 4.69) is 5.48 Å². The molecule has 0 spiro atoms. The van der Waals surface area contributed by atoms with Gasteiger partial charge in [0.25, 0.3) is 0 Å². The molecule has 0 unspecified atom stereocenters. The van der Waals surface area contributed by atoms with E-state index in [0.29, 0.717) is 13.0 Å². The Morgan fingerprint density at radius 3 is 2.50 bits per heavy atom. The van der Waals surface area contributed by atoms with Gasteiger partial charge >= 0.3 is 0 Å². The minimum Gasteiger partial charge on any atom is -0.317 e. The van der Waals surface area contributed by atoms with Crippen LogP contribution in [0.2, 0.25) is 0 Å². The van der Waals surface area contributed by atoms with Crippen LogP contribution >= 0.6 is 0 Å². The lowest BCUT2D eigenvalue weighted by Crippen LogP contribution is -2.07. The molecular weight excluding hydrogens is 130 g/mol. The van der Waals surface area contributed by atoms with Crippen molar-refractivity contribution in [2.75, 3.05) is 6.54 Å². The van der Waals surface area contributed by atoms with Crippen LogP contribution in [0.15, 0.2) is 0 Å². The fraction of sp³-hybridized carbons (Fsp3) is 0.857. The monoisotopic (exact) mass is 145 g/mol. The number of hydrogen-bond acceptors (Lipinski definition) is 3. The Morgan fingerprint density at radius 2 is 1.90 bits per heavy atom. The van der Waals surface area contributed by atoms with E-state index in [-0.39, 0.29) is 0 Å². The van der Waals surface area contributed by atoms with E-state index >= 15 is 0 Å². The highest BCUT2D eigenvalue weighted by molar-refractivity contribution is 5.48. The number of nitrogens with one attached hydrogen (secondary N) is 1. The summed E-state index contributed by atoms with van der Waals surface area (Å²) in [6.45, 7) is 0.654. The van der Waals surface area contributed by atoms with Crippen molar-refractivity contribution in [3.05, 3.63) is 0 Å². The quantitative estimate of drug-likeness (QED) is 0.320. The van der Waals surface area contributed by atoms with Crippen LogP contribution < -0.4 is 5.48 Å². The third kappa shape index (κ3) is 7.59. The van der Waals surface area contributed by atoms with Crippen molar-refractivity contribution in [1.29, 1.82) is 0 Å². The van der Waals surface area contributed by atoms with E-state index in [1.165, 1.54) is 0 Å². The first-order chi connectivity index (χ1) is 4.91. The first-order valence-electron chi connectivity index (χ1n) is 3.72. The molecule has 0 heterocycles. The van der Waals surface area contributed by atoms with Crippen LogP contribution in [0.25, 0.3) is 0 Å². The van der Waals surface area contributed by atoms with Crippen molar-refractivity contribution in [2.24, 2.45) is 0 Å². The minimum absolute atomic E-state index is 0.654. The second-order valence-electron chi connectivity index (χ2n) is 2.28. The fourth-order valence-corrected chi connectivity index (χ4v) is 0.785. The summed E-state index contributed by atoms with van der Waals surface area (Å²) in [6, 6.07) is 0. The molecular formula is C7H15NO2. The zero-order valence-corrected chi connectivity index (χ0v) is 6.18. The molecule has 0 rings (SSSR count). The number of aldehydes is 1. The zero-order valence-electron chi connectivity index (χ0n) is 6.18. The van der Waals surface area contributed by atoms with E-state index in [0.717, 1.165) is 32.0 Å². The van der Waals surface area contributed by atoms with Crippen LogP contribution in [0.5, 0.6) is 0 Å². The van der Waals surface area contributed by atoms with Gasteiger partial charge in [0.15, 0.2) is 0 Å². The Morgan fingerprint density at radius 1 is 1.20 bits per heavy atom. The predicted molar refractivity (Wildman–Crippen MR) is 38.9 cm³/mol. The SMILES string of the molecule is O=CCCCCCCNO. The molecule has 0 aliphatic heterocycles. The molecule has 3 nitrogen and oxygen atoms in total. The van der Waals surface area contributed by atoms with Gasteiger partial charge in [0, 0.05) is 13.0 Å². The second kappa shape index (κ2) is 8.59. The predicted octanol–water partition coefficient (Wildman–Crippen LogP) is 1.11. The standard InChI is InChI=1S/C7H15NO2/c9-7-5-3-1-2-4-6-8-10/h7-8,10H,1-6H2. The van der Waals surface area contributed by atoms with Crippen LogP contribution in [0, 0.1) is 0 Å². The smallest absolute Gasteiger partial charge is 0.119 e. The van der Waals surface area contributed by atoms with Gasteiger partial charge in [-0.3, -0.25) is 0 Å². The van der Waals surface area contributed by atoms with E-state index in [4.69, 9.17) is 5.21 Å². The fourth-order valence-electron chi connectivity index (χ4n) is 0.785. The van der Waals surface area contributed by atoms with Crippen LogP contribution in [-0.2, 0) is 4.79 Å². The highest BCUT2D eigenvalue weighted by Crippen LogP contribution is 1.99. The summed E-state index contributed by atoms with van der Waals surface area (Å²) in [5.41, 5.74) is 2.09. The molecule has 3 heteroatoms. The van der Waals surface area contributed by atoms with Crippen molar-refractivity contribution in [1.82, 2.24) is 5.48 Å². The summed E-state index contributed by atoms with van der Waals surface area (Å²) >= 11 is 0. The summed E-state index contributed by atoms with van der Waals surface area (Å²) in [4.78, 5) is 9.84. The van der Waals surface area contributed by atoms with E-state index in [9.17, 15) is 4.79 Å². The maximum absolute atomic E-state index is 9.84. The summed E-state index contributed by atoms with van der Waals surface area (Å²) in [5.74, 6) is 0. The van der Waals surface area contributed by atoms with E-state index < -0.39 is 0 Å². The molecule has 0 aliphatic carbocycles. The molecule has 0 saturated carbocycles. The van der Waals surface area contributed by atoms with Crippen LogP contribution in [0.4, 0.5) is 0 Å². The van der Waals surface area contributed by atoms with Gasteiger partial charge < -0.3 is 10.0 Å². The first-order valence-corrected chi connectivity index (χ1v) is 3.72. The molecule has 0 saturated heterocycles. The molecule has 2 N–H and O–H groups in total. The summed E-state index contributed by atoms with van der Waals surface area (Å²) in [6.07, 6.45) is 5.75. The number of carbonyl (C=O) groups is 1. The molecule has 0 aromatic carbocycles. The van der Waals surface area contributed by atoms with Crippen LogP contribution in [0.3, 0.4) is 0 Å². The van der Waals surface area contributed by atoms with Crippen molar-refractivity contribution in [3.8, 4) is 0 Å². The van der Waals surface area contributed by atoms with Gasteiger partial charge in [-0.05, 0) is 12.8 Å². The Kier molecular flexibility index (Phi) is 8.24. The molecule has 0 bridgehead atoms. The van der Waals surface area contributed by atoms with Gasteiger partial charge in [0.2, 0.25) is 0 Å². The van der Waals surface area contributed by atoms with E-state index in [1.54, 1.807) is 0 Å². The molecule has 0 aromatic heterocycles. The molecule has 10 heavy (non-hydrogen) atoms. The van der Waals surface area contributed by atoms with Gasteiger partial charge in [-0.25, -0.2) is 5.48 Å². The van der Waals surface area contributed by atoms with Gasteiger partial charge in [-0.1, -0.05) is 12.8 Å². The topological polar surface area (TPSA) is 49.3 Å². The summed E-state index contributed by atoms with van der Waals surface area (Å²) in [5, 5.41) is 8.16. The van der Waals surface area contributed by atoms with Crippen molar-refractivity contribution in [3.63, 3.8) is 0 Å². The lowest BCUT2D eigenvalue weighted by atomic mass is 10.1. The number of hydroxylamine groups is 1. The number of unbranched alkanes of at least 4 members (excludes halogenated alkanes) is 4. The molecule has 60 valence electrons. The van der Waals surface area contributed by atoms with Crippen molar-refractivity contribution >= 4 is 6.29 Å². The van der Waals surface area contributed by atoms with Gasteiger partial charge in [-0.2, -0.15) is 0 Å². The normalized spacial score (nSPS) is 9.70. The van der Waals surface area contributed by atoms with E-state index in [1.807, 2.05) is 0 Å². The Hall–Kier alpha value is -0.410. The Bertz CT molecular complexity index is 76.0. The third-order valence-electron chi connectivity index (χ3n) is 1.36. The molecule has 0 radical (unpaired) electrons. The highest BCUT2D eigenvalue weighted by atomic mass is 16.5. The van der Waals surface area contributed by atoms with Crippen LogP contribution in [-0.4, -0.2) is 18.0 Å². The maximum Gasteiger partial charge on any atom is 0.119 e. The average molecular weight is 145 g/mol. The molecule has 0 amide bonds. The zero-order chi connectivity index (χ0) is 7.66. The minimum atomic E-state index is 0.654. The van der Waals surface area contributed by atoms with Crippen molar-refractivity contribution in [2.45, 2.75) is 32.1 Å². The number of hydrogen-bond donors (Lipinski definition) is 2. The molecule has 0 atom stereocenters. The second-order valence-corrected chi connectivity index (χ2v) is 2.28.